The molecule has 3 atom stereocenters. The van der Waals surface area contributed by atoms with Gasteiger partial charge in [-0.05, 0) is 19.8 Å². The summed E-state index contributed by atoms with van der Waals surface area (Å²) >= 11 is 0. The van der Waals surface area contributed by atoms with E-state index in [-0.39, 0.29) is 12.8 Å². The summed E-state index contributed by atoms with van der Waals surface area (Å²) in [7, 11) is 0. The summed E-state index contributed by atoms with van der Waals surface area (Å²) in [6.07, 6.45) is -0.545. The summed E-state index contributed by atoms with van der Waals surface area (Å²) in [5.74, 6) is -2.45. The lowest BCUT2D eigenvalue weighted by Crippen LogP contribution is -2.48. The van der Waals surface area contributed by atoms with Crippen molar-refractivity contribution >= 4 is 0 Å². The topological polar surface area (TPSA) is 80.9 Å². The van der Waals surface area contributed by atoms with Crippen LogP contribution in [0.5, 0.6) is 0 Å². The van der Waals surface area contributed by atoms with Gasteiger partial charge in [-0.3, -0.25) is 0 Å². The van der Waals surface area contributed by atoms with E-state index < -0.39 is 23.9 Å². The minimum absolute atomic E-state index is 0.129. The highest BCUT2D eigenvalue weighted by atomic mass is 16.5. The Balaban J connectivity index is 2.65. The summed E-state index contributed by atoms with van der Waals surface area (Å²) in [5.41, 5.74) is 0. The monoisotopic (exact) mass is 176 g/mol. The zero-order valence-electron chi connectivity index (χ0n) is 7.14. The highest BCUT2D eigenvalue weighted by molar-refractivity contribution is 4.87. The highest BCUT2D eigenvalue weighted by Gasteiger charge is 2.42. The maximum absolute atomic E-state index is 9.41. The SMILES string of the molecule is CC(O)C1CC(O)CCC1(O)O. The Hall–Kier alpha value is -0.160. The van der Waals surface area contributed by atoms with Gasteiger partial charge in [0.15, 0.2) is 5.79 Å². The van der Waals surface area contributed by atoms with Crippen molar-refractivity contribution in [2.75, 3.05) is 0 Å². The van der Waals surface area contributed by atoms with Crippen molar-refractivity contribution in [3.8, 4) is 0 Å². The van der Waals surface area contributed by atoms with E-state index in [9.17, 15) is 20.4 Å². The molecule has 0 aliphatic heterocycles. The van der Waals surface area contributed by atoms with Crippen molar-refractivity contribution in [1.82, 2.24) is 0 Å². The van der Waals surface area contributed by atoms with Crippen molar-refractivity contribution in [2.45, 2.75) is 44.2 Å². The average Bonchev–Trinajstić information content (AvgIpc) is 1.94. The van der Waals surface area contributed by atoms with Gasteiger partial charge < -0.3 is 20.4 Å². The second-order valence-electron chi connectivity index (χ2n) is 3.65. The molecule has 72 valence electrons. The molecule has 12 heavy (non-hydrogen) atoms. The molecule has 4 heteroatoms. The minimum atomic E-state index is -1.81. The quantitative estimate of drug-likeness (QED) is 0.395. The predicted octanol–water partition coefficient (Wildman–Crippen LogP) is -0.791. The molecular weight excluding hydrogens is 160 g/mol. The van der Waals surface area contributed by atoms with Crippen LogP contribution in [0.3, 0.4) is 0 Å². The molecule has 1 aliphatic rings. The van der Waals surface area contributed by atoms with Crippen molar-refractivity contribution in [1.29, 1.82) is 0 Å². The lowest BCUT2D eigenvalue weighted by molar-refractivity contribution is -0.246. The van der Waals surface area contributed by atoms with Crippen molar-refractivity contribution in [2.24, 2.45) is 5.92 Å². The molecule has 0 aromatic heterocycles. The molecule has 0 radical (unpaired) electrons. The van der Waals surface area contributed by atoms with Crippen LogP contribution >= 0.6 is 0 Å². The van der Waals surface area contributed by atoms with E-state index in [1.165, 1.54) is 6.92 Å². The maximum atomic E-state index is 9.41. The molecule has 0 spiro atoms. The van der Waals surface area contributed by atoms with Crippen LogP contribution in [0.1, 0.15) is 26.2 Å². The fraction of sp³-hybridized carbons (Fsp3) is 1.00. The van der Waals surface area contributed by atoms with Gasteiger partial charge >= 0.3 is 0 Å². The van der Waals surface area contributed by atoms with Crippen LogP contribution in [0.4, 0.5) is 0 Å². The predicted molar refractivity (Wildman–Crippen MR) is 42.2 cm³/mol. The standard InChI is InChI=1S/C8H16O4/c1-5(9)7-4-6(10)2-3-8(7,11)12/h5-7,9-12H,2-4H2,1H3. The van der Waals surface area contributed by atoms with Gasteiger partial charge in [-0.25, -0.2) is 0 Å². The van der Waals surface area contributed by atoms with Crippen LogP contribution in [0.2, 0.25) is 0 Å². The molecule has 1 rings (SSSR count). The van der Waals surface area contributed by atoms with Gasteiger partial charge in [0.25, 0.3) is 0 Å². The van der Waals surface area contributed by atoms with Crippen molar-refractivity contribution in [3.63, 3.8) is 0 Å². The first kappa shape index (κ1) is 9.92. The van der Waals surface area contributed by atoms with E-state index in [2.05, 4.69) is 0 Å². The Kier molecular flexibility index (Phi) is 2.73. The Morgan fingerprint density at radius 3 is 2.42 bits per heavy atom. The fourth-order valence-corrected chi connectivity index (χ4v) is 1.75. The van der Waals surface area contributed by atoms with E-state index >= 15 is 0 Å². The molecule has 1 saturated carbocycles. The molecule has 4 N–H and O–H groups in total. The molecule has 0 amide bonds. The lowest BCUT2D eigenvalue weighted by Gasteiger charge is -2.39. The Morgan fingerprint density at radius 1 is 1.42 bits per heavy atom. The van der Waals surface area contributed by atoms with Gasteiger partial charge in [0, 0.05) is 12.3 Å². The third kappa shape index (κ3) is 1.95. The van der Waals surface area contributed by atoms with Gasteiger partial charge in [-0.1, -0.05) is 0 Å². The van der Waals surface area contributed by atoms with Gasteiger partial charge in [-0.15, -0.1) is 0 Å². The lowest BCUT2D eigenvalue weighted by atomic mass is 9.79. The normalized spacial score (nSPS) is 37.8. The molecule has 3 unspecified atom stereocenters. The fourth-order valence-electron chi connectivity index (χ4n) is 1.75. The van der Waals surface area contributed by atoms with Crippen LogP contribution < -0.4 is 0 Å². The largest absolute Gasteiger partial charge is 0.393 e. The number of aliphatic hydroxyl groups excluding tert-OH is 2. The van der Waals surface area contributed by atoms with Crippen LogP contribution in [0.25, 0.3) is 0 Å². The van der Waals surface area contributed by atoms with Crippen LogP contribution in [-0.4, -0.2) is 38.4 Å². The second-order valence-corrected chi connectivity index (χ2v) is 3.65. The first-order chi connectivity index (χ1) is 5.43. The number of rotatable bonds is 1. The van der Waals surface area contributed by atoms with Gasteiger partial charge in [0.05, 0.1) is 12.2 Å². The minimum Gasteiger partial charge on any atom is -0.393 e. The first-order valence-corrected chi connectivity index (χ1v) is 4.24. The molecule has 1 aliphatic carbocycles. The number of hydrogen-bond acceptors (Lipinski definition) is 4. The molecule has 0 aromatic carbocycles. The van der Waals surface area contributed by atoms with Gasteiger partial charge in [0.2, 0.25) is 0 Å². The molecule has 0 heterocycles. The smallest absolute Gasteiger partial charge is 0.168 e. The molecular formula is C8H16O4. The molecule has 1 fully saturated rings. The number of hydrogen-bond donors (Lipinski definition) is 4. The van der Waals surface area contributed by atoms with Gasteiger partial charge in [-0.2, -0.15) is 0 Å². The Morgan fingerprint density at radius 2 is 2.00 bits per heavy atom. The molecule has 4 nitrogen and oxygen atoms in total. The number of aliphatic hydroxyl groups is 4. The molecule has 0 saturated heterocycles. The van der Waals surface area contributed by atoms with Crippen LogP contribution in [0, 0.1) is 5.92 Å². The summed E-state index contributed by atoms with van der Waals surface area (Å²) in [6, 6.07) is 0. The van der Waals surface area contributed by atoms with E-state index in [0.717, 1.165) is 0 Å². The first-order valence-electron chi connectivity index (χ1n) is 4.24. The maximum Gasteiger partial charge on any atom is 0.168 e. The second kappa shape index (κ2) is 3.30. The van der Waals surface area contributed by atoms with E-state index in [1.54, 1.807) is 0 Å². The molecule has 0 aromatic rings. The average molecular weight is 176 g/mol. The van der Waals surface area contributed by atoms with E-state index in [0.29, 0.717) is 6.42 Å². The Labute approximate surface area is 71.5 Å². The van der Waals surface area contributed by atoms with Crippen molar-refractivity contribution < 1.29 is 20.4 Å². The van der Waals surface area contributed by atoms with Crippen LogP contribution in [-0.2, 0) is 0 Å². The summed E-state index contributed by atoms with van der Waals surface area (Å²) in [6.45, 7) is 1.50. The summed E-state index contributed by atoms with van der Waals surface area (Å²) in [5, 5.41) is 37.2. The van der Waals surface area contributed by atoms with Gasteiger partial charge in [0.1, 0.15) is 0 Å². The Bertz CT molecular complexity index is 155. The zero-order valence-corrected chi connectivity index (χ0v) is 7.14. The third-order valence-corrected chi connectivity index (χ3v) is 2.55. The van der Waals surface area contributed by atoms with E-state index in [4.69, 9.17) is 0 Å². The van der Waals surface area contributed by atoms with Crippen LogP contribution in [0.15, 0.2) is 0 Å². The third-order valence-electron chi connectivity index (χ3n) is 2.55. The highest BCUT2D eigenvalue weighted by Crippen LogP contribution is 2.33. The zero-order chi connectivity index (χ0) is 9.35. The molecule has 0 bridgehead atoms. The van der Waals surface area contributed by atoms with E-state index in [1.807, 2.05) is 0 Å². The summed E-state index contributed by atoms with van der Waals surface area (Å²) in [4.78, 5) is 0. The summed E-state index contributed by atoms with van der Waals surface area (Å²) < 4.78 is 0. The van der Waals surface area contributed by atoms with Crippen molar-refractivity contribution in [3.05, 3.63) is 0 Å².